The van der Waals surface area contributed by atoms with Gasteiger partial charge in [-0.3, -0.25) is 14.5 Å². The highest BCUT2D eigenvalue weighted by Crippen LogP contribution is 2.25. The summed E-state index contributed by atoms with van der Waals surface area (Å²) in [6, 6.07) is 4.08. The molecule has 4 rings (SSSR count). The van der Waals surface area contributed by atoms with Crippen molar-refractivity contribution in [3.8, 4) is 0 Å². The second-order valence-corrected chi connectivity index (χ2v) is 8.10. The molecule has 142 valence electrons. The third-order valence-electron chi connectivity index (χ3n) is 4.86. The molecule has 3 aromatic heterocycles. The average Bonchev–Trinajstić information content (AvgIpc) is 2.95. The van der Waals surface area contributed by atoms with Gasteiger partial charge in [0, 0.05) is 38.0 Å². The number of hydrogen-bond donors (Lipinski definition) is 2. The Bertz CT molecular complexity index is 1010. The summed E-state index contributed by atoms with van der Waals surface area (Å²) in [5.41, 5.74) is 1.39. The lowest BCUT2D eigenvalue weighted by Crippen LogP contribution is -2.50. The lowest BCUT2D eigenvalue weighted by atomic mass is 9.92. The normalized spacial score (nSPS) is 15.2. The van der Waals surface area contributed by atoms with Gasteiger partial charge in [0.1, 0.15) is 5.39 Å². The fourth-order valence-electron chi connectivity index (χ4n) is 3.14. The molecular weight excluding hydrogens is 344 g/mol. The van der Waals surface area contributed by atoms with Crippen LogP contribution < -0.4 is 15.8 Å². The summed E-state index contributed by atoms with van der Waals surface area (Å²) in [4.78, 5) is 21.5. The average molecular weight is 368 g/mol. The minimum atomic E-state index is -0.181. The molecule has 0 saturated carbocycles. The molecule has 9 heteroatoms. The molecule has 1 saturated heterocycles. The van der Waals surface area contributed by atoms with Crippen LogP contribution in [0.5, 0.6) is 0 Å². The number of aromatic nitrogens is 6. The zero-order valence-electron chi connectivity index (χ0n) is 16.0. The van der Waals surface area contributed by atoms with Gasteiger partial charge in [-0.2, -0.15) is 15.2 Å². The molecule has 0 radical (unpaired) electrons. The number of nitrogens with one attached hydrogen (secondary N) is 2. The van der Waals surface area contributed by atoms with E-state index in [2.05, 4.69) is 56.3 Å². The van der Waals surface area contributed by atoms with E-state index in [0.717, 1.165) is 31.1 Å². The van der Waals surface area contributed by atoms with E-state index in [1.54, 1.807) is 11.7 Å². The molecule has 3 aromatic rings. The van der Waals surface area contributed by atoms with Gasteiger partial charge in [0.05, 0.1) is 11.9 Å². The van der Waals surface area contributed by atoms with Crippen LogP contribution in [0.2, 0.25) is 0 Å². The minimum Gasteiger partial charge on any atom is -0.355 e. The molecule has 0 unspecified atom stereocenters. The molecule has 0 atom stereocenters. The van der Waals surface area contributed by atoms with Gasteiger partial charge in [-0.1, -0.05) is 20.8 Å². The van der Waals surface area contributed by atoms with Crippen LogP contribution in [0.3, 0.4) is 0 Å². The van der Waals surface area contributed by atoms with Crippen molar-refractivity contribution < 1.29 is 0 Å². The third-order valence-corrected chi connectivity index (χ3v) is 4.86. The third kappa shape index (κ3) is 3.36. The van der Waals surface area contributed by atoms with E-state index in [4.69, 9.17) is 0 Å². The Morgan fingerprint density at radius 1 is 1.26 bits per heavy atom. The standard InChI is InChI=1S/C18H24N8O/c1-18(2,3)13-5-6-14(24-23-13)26-9-11(10-26)7-19-17-21-15-12(16(27)22-17)8-20-25(15)4/h5-6,8,11H,7,9-10H2,1-4H3,(H2,19,21,22,27). The van der Waals surface area contributed by atoms with E-state index >= 15 is 0 Å². The molecule has 27 heavy (non-hydrogen) atoms. The van der Waals surface area contributed by atoms with Crippen LogP contribution in [0.15, 0.2) is 23.1 Å². The Labute approximate surface area is 156 Å². The predicted octanol–water partition coefficient (Wildman–Crippen LogP) is 1.29. The molecule has 0 spiro atoms. The van der Waals surface area contributed by atoms with Crippen molar-refractivity contribution in [3.63, 3.8) is 0 Å². The van der Waals surface area contributed by atoms with E-state index < -0.39 is 0 Å². The summed E-state index contributed by atoms with van der Waals surface area (Å²) in [6.45, 7) is 8.91. The number of aromatic amines is 1. The summed E-state index contributed by atoms with van der Waals surface area (Å²) < 4.78 is 1.60. The van der Waals surface area contributed by atoms with Crippen LogP contribution in [0.4, 0.5) is 11.8 Å². The lowest BCUT2D eigenvalue weighted by Gasteiger charge is -2.40. The molecule has 0 amide bonds. The maximum atomic E-state index is 12.1. The summed E-state index contributed by atoms with van der Waals surface area (Å²) in [5.74, 6) is 1.84. The summed E-state index contributed by atoms with van der Waals surface area (Å²) in [6.07, 6.45) is 1.53. The van der Waals surface area contributed by atoms with E-state index in [1.165, 1.54) is 6.20 Å². The summed E-state index contributed by atoms with van der Waals surface area (Å²) in [5, 5.41) is 16.5. The van der Waals surface area contributed by atoms with E-state index in [1.807, 2.05) is 12.1 Å². The Hall–Kier alpha value is -2.97. The molecule has 1 aliphatic heterocycles. The minimum absolute atomic E-state index is 0.00577. The van der Waals surface area contributed by atoms with Gasteiger partial charge < -0.3 is 10.2 Å². The zero-order chi connectivity index (χ0) is 19.2. The van der Waals surface area contributed by atoms with Crippen LogP contribution in [0.1, 0.15) is 26.5 Å². The predicted molar refractivity (Wildman–Crippen MR) is 104 cm³/mol. The highest BCUT2D eigenvalue weighted by Gasteiger charge is 2.28. The number of hydrogen-bond acceptors (Lipinski definition) is 7. The van der Waals surface area contributed by atoms with Gasteiger partial charge in [-0.05, 0) is 12.1 Å². The van der Waals surface area contributed by atoms with Crippen molar-refractivity contribution in [1.82, 2.24) is 29.9 Å². The van der Waals surface area contributed by atoms with Crippen molar-refractivity contribution in [2.75, 3.05) is 29.9 Å². The molecule has 0 aromatic carbocycles. The number of rotatable bonds is 4. The number of fused-ring (bicyclic) bond motifs is 1. The fourth-order valence-corrected chi connectivity index (χ4v) is 3.14. The van der Waals surface area contributed by atoms with Gasteiger partial charge in [0.2, 0.25) is 5.95 Å². The van der Waals surface area contributed by atoms with Crippen molar-refractivity contribution >= 4 is 22.8 Å². The Balaban J connectivity index is 1.34. The largest absolute Gasteiger partial charge is 0.355 e. The van der Waals surface area contributed by atoms with Crippen LogP contribution >= 0.6 is 0 Å². The monoisotopic (exact) mass is 368 g/mol. The van der Waals surface area contributed by atoms with Gasteiger partial charge in [0.15, 0.2) is 11.5 Å². The second-order valence-electron chi connectivity index (χ2n) is 8.10. The molecule has 1 fully saturated rings. The molecule has 2 N–H and O–H groups in total. The number of aryl methyl sites for hydroxylation is 1. The fraction of sp³-hybridized carbons (Fsp3) is 0.500. The maximum absolute atomic E-state index is 12.1. The van der Waals surface area contributed by atoms with Gasteiger partial charge >= 0.3 is 0 Å². The van der Waals surface area contributed by atoms with Crippen molar-refractivity contribution in [2.45, 2.75) is 26.2 Å². The van der Waals surface area contributed by atoms with Gasteiger partial charge in [-0.25, -0.2) is 0 Å². The summed E-state index contributed by atoms with van der Waals surface area (Å²) in [7, 11) is 1.77. The summed E-state index contributed by atoms with van der Waals surface area (Å²) >= 11 is 0. The molecular formula is C18H24N8O. The molecule has 4 heterocycles. The first-order valence-electron chi connectivity index (χ1n) is 9.06. The Morgan fingerprint density at radius 3 is 2.70 bits per heavy atom. The first-order valence-corrected chi connectivity index (χ1v) is 9.06. The number of H-pyrrole nitrogens is 1. The van der Waals surface area contributed by atoms with Crippen LogP contribution in [0.25, 0.3) is 11.0 Å². The van der Waals surface area contributed by atoms with E-state index in [9.17, 15) is 4.79 Å². The second kappa shape index (κ2) is 6.33. The van der Waals surface area contributed by atoms with Gasteiger partial charge in [0.25, 0.3) is 5.56 Å². The number of anilines is 2. The van der Waals surface area contributed by atoms with Crippen LogP contribution in [-0.2, 0) is 12.5 Å². The molecule has 0 aliphatic carbocycles. The maximum Gasteiger partial charge on any atom is 0.263 e. The Kier molecular flexibility index (Phi) is 4.09. The molecule has 0 bridgehead atoms. The first-order chi connectivity index (χ1) is 12.8. The van der Waals surface area contributed by atoms with Crippen LogP contribution in [0, 0.1) is 5.92 Å². The van der Waals surface area contributed by atoms with E-state index in [-0.39, 0.29) is 11.0 Å². The topological polar surface area (TPSA) is 105 Å². The quantitative estimate of drug-likeness (QED) is 0.715. The van der Waals surface area contributed by atoms with Gasteiger partial charge in [-0.15, -0.1) is 5.10 Å². The highest BCUT2D eigenvalue weighted by atomic mass is 16.1. The Morgan fingerprint density at radius 2 is 2.04 bits per heavy atom. The smallest absolute Gasteiger partial charge is 0.263 e. The first kappa shape index (κ1) is 17.4. The van der Waals surface area contributed by atoms with Crippen molar-refractivity contribution in [1.29, 1.82) is 0 Å². The lowest BCUT2D eigenvalue weighted by molar-refractivity contribution is 0.423. The highest BCUT2D eigenvalue weighted by molar-refractivity contribution is 5.74. The molecule has 9 nitrogen and oxygen atoms in total. The van der Waals surface area contributed by atoms with Crippen molar-refractivity contribution in [3.05, 3.63) is 34.4 Å². The van der Waals surface area contributed by atoms with Crippen molar-refractivity contribution in [2.24, 2.45) is 13.0 Å². The van der Waals surface area contributed by atoms with Crippen LogP contribution in [-0.4, -0.2) is 49.6 Å². The number of nitrogens with zero attached hydrogens (tertiary/aromatic N) is 6. The SMILES string of the molecule is Cn1ncc2c(=O)[nH]c(NCC3CN(c4ccc(C(C)(C)C)nn4)C3)nc21. The zero-order valence-corrected chi connectivity index (χ0v) is 16.0. The van der Waals surface area contributed by atoms with E-state index in [0.29, 0.717) is 22.9 Å². The molecule has 1 aliphatic rings.